The van der Waals surface area contributed by atoms with E-state index < -0.39 is 22.8 Å². The van der Waals surface area contributed by atoms with Crippen molar-refractivity contribution < 1.29 is 27.5 Å². The molecule has 0 unspecified atom stereocenters. The van der Waals surface area contributed by atoms with Gasteiger partial charge in [0.1, 0.15) is 23.3 Å². The number of nitrogens with one attached hydrogen (secondary N) is 1. The number of rotatable bonds is 12. The SMILES string of the molecule is CN(C)CCCNc1ncc2cc(Oc3ccccc3F)c(=O)n(C)c2n1.COOSc1ncc2cc(Oc3ccccc3F)c(=O)n(C)c2n1. The highest BCUT2D eigenvalue weighted by Gasteiger charge is 2.15. The normalized spacial score (nSPS) is 11.1. The summed E-state index contributed by atoms with van der Waals surface area (Å²) >= 11 is 0.818. The highest BCUT2D eigenvalue weighted by atomic mass is 32.2. The lowest BCUT2D eigenvalue weighted by Gasteiger charge is -2.12. The van der Waals surface area contributed by atoms with Gasteiger partial charge < -0.3 is 19.7 Å². The lowest BCUT2D eigenvalue weighted by molar-refractivity contribution is -0.160. The molecule has 0 bridgehead atoms. The summed E-state index contributed by atoms with van der Waals surface area (Å²) in [7, 11) is 8.53. The van der Waals surface area contributed by atoms with E-state index in [2.05, 4.69) is 35.0 Å². The number of hydrogen-bond acceptors (Lipinski definition) is 13. The molecular formula is C34H34F2N8O6S. The number of ether oxygens (including phenoxy) is 2. The van der Waals surface area contributed by atoms with E-state index in [-0.39, 0.29) is 28.2 Å². The number of fused-ring (bicyclic) bond motifs is 2. The summed E-state index contributed by atoms with van der Waals surface area (Å²) in [6.45, 7) is 1.68. The van der Waals surface area contributed by atoms with Gasteiger partial charge in [-0.05, 0) is 63.5 Å². The van der Waals surface area contributed by atoms with Crippen LogP contribution in [0.1, 0.15) is 6.42 Å². The number of aromatic nitrogens is 6. The van der Waals surface area contributed by atoms with E-state index >= 15 is 0 Å². The lowest BCUT2D eigenvalue weighted by Crippen LogP contribution is -2.20. The summed E-state index contributed by atoms with van der Waals surface area (Å²) in [6, 6.07) is 14.8. The van der Waals surface area contributed by atoms with E-state index in [1.807, 2.05) is 14.1 Å². The van der Waals surface area contributed by atoms with Crippen molar-refractivity contribution in [1.29, 1.82) is 0 Å². The van der Waals surface area contributed by atoms with Crippen molar-refractivity contribution in [1.82, 2.24) is 34.0 Å². The molecule has 0 saturated heterocycles. The van der Waals surface area contributed by atoms with Crippen LogP contribution in [0.3, 0.4) is 0 Å². The van der Waals surface area contributed by atoms with E-state index in [1.165, 1.54) is 72.0 Å². The number of hydrogen-bond donors (Lipinski definition) is 1. The molecule has 6 rings (SSSR count). The van der Waals surface area contributed by atoms with Crippen molar-refractivity contribution in [2.45, 2.75) is 11.6 Å². The Labute approximate surface area is 294 Å². The maximum Gasteiger partial charge on any atom is 0.294 e. The van der Waals surface area contributed by atoms with Crippen LogP contribution in [0.25, 0.3) is 22.1 Å². The van der Waals surface area contributed by atoms with Crippen LogP contribution in [0.4, 0.5) is 14.7 Å². The molecular weight excluding hydrogens is 686 g/mol. The molecule has 14 nitrogen and oxygen atoms in total. The Hall–Kier alpha value is -5.49. The standard InChI is InChI=1S/C19H22FN5O2.C15H12FN3O4S/c1-24(2)10-6-9-21-19-22-12-13-11-16(18(26)25(3)17(13)23-19)27-15-8-5-4-7-14(15)20;1-19-13-9(8-17-15(18-13)24-23-21-2)7-12(14(19)20)22-11-6-4-3-5-10(11)16/h4-5,7-8,11-12H,6,9-10H2,1-3H3,(H,21,22,23);3-8H,1-2H3. The topological polar surface area (TPSA) is 148 Å². The Morgan fingerprint density at radius 1 is 0.784 bits per heavy atom. The molecule has 0 atom stereocenters. The van der Waals surface area contributed by atoms with Crippen LogP contribution in [-0.2, 0) is 23.3 Å². The molecule has 266 valence electrons. The molecule has 0 amide bonds. The maximum absolute atomic E-state index is 13.8. The minimum atomic E-state index is -0.556. The van der Waals surface area contributed by atoms with Crippen LogP contribution >= 0.6 is 12.0 Å². The van der Waals surface area contributed by atoms with Gasteiger partial charge in [0.15, 0.2) is 34.6 Å². The number of pyridine rings is 2. The molecule has 51 heavy (non-hydrogen) atoms. The third-order valence-electron chi connectivity index (χ3n) is 7.16. The molecule has 0 saturated carbocycles. The van der Waals surface area contributed by atoms with Crippen molar-refractivity contribution in [3.8, 4) is 23.0 Å². The number of nitrogens with zero attached hydrogens (tertiary/aromatic N) is 7. The highest BCUT2D eigenvalue weighted by molar-refractivity contribution is 7.94. The maximum atomic E-state index is 13.8. The molecule has 4 heterocycles. The Bertz CT molecular complexity index is 2270. The van der Waals surface area contributed by atoms with Crippen LogP contribution in [0.15, 0.2) is 87.8 Å². The first-order valence-electron chi connectivity index (χ1n) is 15.4. The minimum absolute atomic E-state index is 0.00551. The average Bonchev–Trinajstić information content (AvgIpc) is 3.12. The highest BCUT2D eigenvalue weighted by Crippen LogP contribution is 2.26. The van der Waals surface area contributed by atoms with Gasteiger partial charge in [0.2, 0.25) is 11.1 Å². The fourth-order valence-electron chi connectivity index (χ4n) is 4.64. The van der Waals surface area contributed by atoms with Crippen LogP contribution in [0, 0.1) is 11.6 Å². The van der Waals surface area contributed by atoms with E-state index in [0.717, 1.165) is 31.6 Å². The van der Waals surface area contributed by atoms with Gasteiger partial charge in [-0.2, -0.15) is 9.32 Å². The van der Waals surface area contributed by atoms with Gasteiger partial charge >= 0.3 is 0 Å². The molecule has 2 aromatic carbocycles. The second-order valence-electron chi connectivity index (χ2n) is 11.1. The molecule has 4 aromatic heterocycles. The largest absolute Gasteiger partial charge is 0.448 e. The molecule has 0 aliphatic heterocycles. The lowest BCUT2D eigenvalue weighted by atomic mass is 10.3. The molecule has 0 aliphatic rings. The van der Waals surface area contributed by atoms with Crippen molar-refractivity contribution in [3.63, 3.8) is 0 Å². The Morgan fingerprint density at radius 3 is 1.84 bits per heavy atom. The number of aryl methyl sites for hydroxylation is 2. The summed E-state index contributed by atoms with van der Waals surface area (Å²) in [5, 5.41) is 4.62. The van der Waals surface area contributed by atoms with Gasteiger partial charge in [0.25, 0.3) is 11.1 Å². The summed E-state index contributed by atoms with van der Waals surface area (Å²) < 4.78 is 45.8. The van der Waals surface area contributed by atoms with Crippen molar-refractivity contribution in [2.75, 3.05) is 39.6 Å². The van der Waals surface area contributed by atoms with Gasteiger partial charge in [-0.3, -0.25) is 18.7 Å². The quantitative estimate of drug-likeness (QED) is 0.0561. The molecule has 0 radical (unpaired) electrons. The third kappa shape index (κ3) is 9.20. The van der Waals surface area contributed by atoms with E-state index in [9.17, 15) is 18.4 Å². The van der Waals surface area contributed by atoms with E-state index in [0.29, 0.717) is 28.0 Å². The Balaban J connectivity index is 0.000000199. The number of halogens is 2. The van der Waals surface area contributed by atoms with Crippen LogP contribution in [0.5, 0.6) is 23.0 Å². The Kier molecular flexibility index (Phi) is 12.2. The van der Waals surface area contributed by atoms with Crippen LogP contribution in [-0.4, -0.2) is 68.3 Å². The molecule has 0 aliphatic carbocycles. The van der Waals surface area contributed by atoms with E-state index in [1.54, 1.807) is 31.4 Å². The summed E-state index contributed by atoms with van der Waals surface area (Å²) in [6.07, 6.45) is 4.07. The fraction of sp³-hybridized carbons (Fsp3) is 0.235. The van der Waals surface area contributed by atoms with Crippen LogP contribution < -0.4 is 25.9 Å². The smallest absolute Gasteiger partial charge is 0.294 e. The van der Waals surface area contributed by atoms with Crippen molar-refractivity contribution in [2.24, 2.45) is 14.1 Å². The fourth-order valence-corrected chi connectivity index (χ4v) is 4.99. The second kappa shape index (κ2) is 16.9. The Morgan fingerprint density at radius 2 is 1.31 bits per heavy atom. The first-order chi connectivity index (χ1) is 24.5. The monoisotopic (exact) mass is 720 g/mol. The number of benzene rings is 2. The van der Waals surface area contributed by atoms with Crippen LogP contribution in [0.2, 0.25) is 0 Å². The van der Waals surface area contributed by atoms with E-state index in [4.69, 9.17) is 13.8 Å². The summed E-state index contributed by atoms with van der Waals surface area (Å²) in [5.74, 6) is -0.672. The zero-order valence-electron chi connectivity index (χ0n) is 28.3. The molecule has 0 fully saturated rings. The molecule has 1 N–H and O–H groups in total. The zero-order valence-corrected chi connectivity index (χ0v) is 29.1. The van der Waals surface area contributed by atoms with Gasteiger partial charge in [0.05, 0.1) is 7.11 Å². The number of anilines is 1. The predicted octanol–water partition coefficient (Wildman–Crippen LogP) is 5.47. The molecule has 6 aromatic rings. The average molecular weight is 721 g/mol. The summed E-state index contributed by atoms with van der Waals surface area (Å²) in [4.78, 5) is 48.6. The predicted molar refractivity (Wildman–Crippen MR) is 188 cm³/mol. The van der Waals surface area contributed by atoms with Gasteiger partial charge in [-0.25, -0.2) is 28.6 Å². The zero-order chi connectivity index (χ0) is 36.5. The first kappa shape index (κ1) is 36.8. The van der Waals surface area contributed by atoms with Gasteiger partial charge in [-0.1, -0.05) is 24.3 Å². The van der Waals surface area contributed by atoms with Gasteiger partial charge in [0, 0.05) is 43.8 Å². The first-order valence-corrected chi connectivity index (χ1v) is 16.1. The summed E-state index contributed by atoms with van der Waals surface area (Å²) in [5.41, 5.74) is 0.0140. The minimum Gasteiger partial charge on any atom is -0.448 e. The third-order valence-corrected chi connectivity index (χ3v) is 7.71. The van der Waals surface area contributed by atoms with Crippen molar-refractivity contribution >= 4 is 40.1 Å². The number of para-hydroxylation sites is 2. The second-order valence-corrected chi connectivity index (χ2v) is 11.8. The molecule has 0 spiro atoms. The van der Waals surface area contributed by atoms with Gasteiger partial charge in [-0.15, -0.1) is 0 Å². The van der Waals surface area contributed by atoms with Crippen molar-refractivity contribution in [3.05, 3.63) is 105 Å². The molecule has 17 heteroatoms.